The molecule has 0 spiro atoms. The van der Waals surface area contributed by atoms with Crippen LogP contribution in [0.4, 0.5) is 11.4 Å². The third-order valence-electron chi connectivity index (χ3n) is 14.7. The number of aromatic nitrogens is 5. The summed E-state index contributed by atoms with van der Waals surface area (Å²) in [6.45, 7) is 20.2. The fourth-order valence-corrected chi connectivity index (χ4v) is 10.2. The van der Waals surface area contributed by atoms with E-state index in [1.165, 1.54) is 16.7 Å². The molecule has 3 aromatic heterocycles. The van der Waals surface area contributed by atoms with Crippen molar-refractivity contribution in [2.24, 2.45) is 0 Å². The molecule has 0 saturated carbocycles. The number of rotatable bonds is 10. The number of hydrogen-bond acceptors (Lipinski definition) is 5. The van der Waals surface area contributed by atoms with Gasteiger partial charge in [0.2, 0.25) is 5.69 Å². The van der Waals surface area contributed by atoms with E-state index in [9.17, 15) is 0 Å². The third-order valence-corrected chi connectivity index (χ3v) is 14.7. The minimum Gasteiger partial charge on any atom is -0.508 e. The molecule has 394 valence electrons. The molecular formula is C71H61N7OPt+2. The van der Waals surface area contributed by atoms with Crippen molar-refractivity contribution in [3.63, 3.8) is 0 Å². The van der Waals surface area contributed by atoms with Gasteiger partial charge in [-0.15, -0.1) is 23.6 Å². The number of fused-ring (bicyclic) bond motifs is 3. The van der Waals surface area contributed by atoms with Crippen LogP contribution in [0.1, 0.15) is 79.0 Å². The Morgan fingerprint density at radius 2 is 1.00 bits per heavy atom. The molecule has 0 unspecified atom stereocenters. The zero-order valence-corrected chi connectivity index (χ0v) is 48.8. The minimum absolute atomic E-state index is 0. The van der Waals surface area contributed by atoms with Crippen molar-refractivity contribution >= 4 is 39.2 Å². The Hall–Kier alpha value is -8.67. The quantitative estimate of drug-likeness (QED) is 0.101. The first-order valence-electron chi connectivity index (χ1n) is 27.0. The Labute approximate surface area is 483 Å². The van der Waals surface area contributed by atoms with E-state index in [1.807, 2.05) is 114 Å². The van der Waals surface area contributed by atoms with E-state index in [4.69, 9.17) is 24.7 Å². The molecule has 0 saturated heterocycles. The zero-order chi connectivity index (χ0) is 54.6. The molecule has 11 aromatic rings. The number of ether oxygens (including phenoxy) is 1. The van der Waals surface area contributed by atoms with E-state index < -0.39 is 0 Å². The van der Waals surface area contributed by atoms with E-state index in [0.717, 1.165) is 72.4 Å². The van der Waals surface area contributed by atoms with Gasteiger partial charge in [0.15, 0.2) is 11.6 Å². The van der Waals surface area contributed by atoms with Gasteiger partial charge in [-0.2, -0.15) is 6.07 Å². The first kappa shape index (κ1) is 53.3. The maximum atomic E-state index is 7.12. The van der Waals surface area contributed by atoms with Gasteiger partial charge in [0.1, 0.15) is 17.3 Å². The van der Waals surface area contributed by atoms with Crippen LogP contribution in [0, 0.1) is 12.1 Å². The predicted octanol–water partition coefficient (Wildman–Crippen LogP) is 17.6. The molecule has 0 fully saturated rings. The van der Waals surface area contributed by atoms with E-state index in [-0.39, 0.29) is 37.3 Å². The Morgan fingerprint density at radius 1 is 0.463 bits per heavy atom. The van der Waals surface area contributed by atoms with Crippen LogP contribution < -0.4 is 4.74 Å². The number of para-hydroxylation sites is 1. The molecule has 0 bridgehead atoms. The number of benzene rings is 8. The van der Waals surface area contributed by atoms with Crippen molar-refractivity contribution in [2.75, 3.05) is 0 Å². The molecule has 8 aromatic carbocycles. The molecule has 12 rings (SSSR count). The molecule has 4 heterocycles. The Morgan fingerprint density at radius 3 is 1.56 bits per heavy atom. The molecule has 80 heavy (non-hydrogen) atoms. The van der Waals surface area contributed by atoms with Crippen molar-refractivity contribution in [1.82, 2.24) is 24.5 Å². The molecule has 0 N–H and O–H groups in total. The van der Waals surface area contributed by atoms with E-state index in [0.29, 0.717) is 34.5 Å². The van der Waals surface area contributed by atoms with Crippen molar-refractivity contribution in [2.45, 2.75) is 78.6 Å². The summed E-state index contributed by atoms with van der Waals surface area (Å²) < 4.78 is 13.3. The van der Waals surface area contributed by atoms with Crippen LogP contribution in [0.25, 0.3) is 84.0 Å². The first-order chi connectivity index (χ1) is 38.0. The second-order valence-electron chi connectivity index (χ2n) is 23.3. The maximum absolute atomic E-state index is 7.12. The fraction of sp³-hybridized carbons (Fsp3) is 0.169. The monoisotopic (exact) mass is 1220 g/mol. The zero-order valence-electron chi connectivity index (χ0n) is 46.5. The van der Waals surface area contributed by atoms with Gasteiger partial charge in [0.05, 0.1) is 11.1 Å². The minimum atomic E-state index is -0.105. The molecule has 0 amide bonds. The van der Waals surface area contributed by atoms with Crippen LogP contribution in [0.2, 0.25) is 0 Å². The molecule has 0 radical (unpaired) electrons. The Bertz CT molecular complexity index is 4080. The summed E-state index contributed by atoms with van der Waals surface area (Å²) in [5.41, 5.74) is 14.1. The summed E-state index contributed by atoms with van der Waals surface area (Å²) in [4.78, 5) is 20.4. The van der Waals surface area contributed by atoms with Crippen molar-refractivity contribution < 1.29 is 35.0 Å². The normalized spacial score (nSPS) is 12.6. The Balaban J connectivity index is 0.00000675. The second kappa shape index (κ2) is 21.2. The van der Waals surface area contributed by atoms with Gasteiger partial charge in [0, 0.05) is 34.3 Å². The second-order valence-corrected chi connectivity index (χ2v) is 23.3. The average Bonchev–Trinajstić information content (AvgIpc) is 4.13. The predicted molar refractivity (Wildman–Crippen MR) is 320 cm³/mol. The van der Waals surface area contributed by atoms with Crippen LogP contribution in [0.3, 0.4) is 0 Å². The van der Waals surface area contributed by atoms with Gasteiger partial charge >= 0.3 is 27.1 Å². The van der Waals surface area contributed by atoms with Crippen molar-refractivity contribution in [3.05, 3.63) is 235 Å². The number of pyridine rings is 1. The summed E-state index contributed by atoms with van der Waals surface area (Å²) in [5, 5.41) is 2.01. The SMILES string of the molecule is CC(C)(C)c1ccc(-c2cccc(-c3ccc(C(C)(C)C)cc3)c2[N+]2=C=[N+](c3[c-]c(Oc4[c-]c5c(cc4-c4nc(-c6ccccc6)nc(-c6ccccc6)n4)c4cc(C(C)(C)C)ccc4n5-c4ccccn4)ccc3)C=C2)cc1.[Pt+2]. The van der Waals surface area contributed by atoms with E-state index >= 15 is 0 Å². The van der Waals surface area contributed by atoms with Gasteiger partial charge in [-0.05, 0) is 85.3 Å². The molecule has 1 aliphatic rings. The fourth-order valence-electron chi connectivity index (χ4n) is 10.2. The summed E-state index contributed by atoms with van der Waals surface area (Å²) in [6, 6.07) is 76.3. The van der Waals surface area contributed by atoms with E-state index in [1.54, 1.807) is 0 Å². The summed E-state index contributed by atoms with van der Waals surface area (Å²) >= 11 is 0. The largest absolute Gasteiger partial charge is 2.00 e. The summed E-state index contributed by atoms with van der Waals surface area (Å²) in [5.74, 6) is 3.18. The molecular weight excluding hydrogens is 1160 g/mol. The smallest absolute Gasteiger partial charge is 0.508 e. The van der Waals surface area contributed by atoms with Gasteiger partial charge in [0.25, 0.3) is 12.4 Å². The number of nitrogens with zero attached hydrogens (tertiary/aromatic N) is 7. The van der Waals surface area contributed by atoms with Gasteiger partial charge in [-0.1, -0.05) is 223 Å². The molecule has 0 atom stereocenters. The maximum Gasteiger partial charge on any atom is 2.00 e. The Kier molecular flexibility index (Phi) is 14.1. The molecule has 8 nitrogen and oxygen atoms in total. The first-order valence-corrected chi connectivity index (χ1v) is 27.0. The topological polar surface area (TPSA) is 71.7 Å². The average molecular weight is 1220 g/mol. The van der Waals surface area contributed by atoms with Crippen LogP contribution >= 0.6 is 0 Å². The van der Waals surface area contributed by atoms with Crippen molar-refractivity contribution in [1.29, 1.82) is 0 Å². The standard InChI is InChI=1S/C71H61N7O.Pt/c1-69(2,3)51-33-29-47(30-34-51)56-26-19-27-57(48-31-35-52(36-32-48)70(4,5)6)65(56)77-41-40-76(46-77)54-24-18-25-55(43-54)79-63-45-62-59(58-42-53(71(7,8)9)37-38-61(58)78(62)64-28-16-17-39-72-64)44-60(63)68-74-66(49-20-12-10-13-21-49)73-67(75-68)50-22-14-11-15-23-50;/h10-42,44H,1-9H3;/q;+2. The van der Waals surface area contributed by atoms with Crippen molar-refractivity contribution in [3.8, 4) is 73.7 Å². The van der Waals surface area contributed by atoms with Crippen LogP contribution in [0.15, 0.2) is 207 Å². The molecule has 1 aliphatic heterocycles. The van der Waals surface area contributed by atoms with Crippen LogP contribution in [-0.2, 0) is 37.3 Å². The van der Waals surface area contributed by atoms with E-state index in [2.05, 4.69) is 187 Å². The number of hydrogen-bond donors (Lipinski definition) is 0. The van der Waals surface area contributed by atoms with Crippen LogP contribution in [0.5, 0.6) is 11.5 Å². The molecule has 9 heteroatoms. The van der Waals surface area contributed by atoms with Gasteiger partial charge in [-0.25, -0.2) is 19.9 Å². The van der Waals surface area contributed by atoms with Gasteiger partial charge < -0.3 is 9.30 Å². The molecule has 0 aliphatic carbocycles. The third kappa shape index (κ3) is 10.5. The van der Waals surface area contributed by atoms with Gasteiger partial charge in [-0.3, -0.25) is 0 Å². The summed E-state index contributed by atoms with van der Waals surface area (Å²) in [6.07, 6.45) is 5.90. The van der Waals surface area contributed by atoms with Crippen LogP contribution in [-0.4, -0.2) is 39.7 Å². The summed E-state index contributed by atoms with van der Waals surface area (Å²) in [7, 11) is 0.